The minimum Gasteiger partial charge on any atom is -0.497 e. The van der Waals surface area contributed by atoms with E-state index in [4.69, 9.17) is 9.72 Å². The molecule has 4 nitrogen and oxygen atoms in total. The number of nitrogens with one attached hydrogen (secondary N) is 1. The Labute approximate surface area is 146 Å². The molecule has 0 aliphatic carbocycles. The fraction of sp³-hybridized carbons (Fsp3) is 0.316. The topological polar surface area (TPSA) is 39.1 Å². The number of rotatable bonds is 4. The average molecular weight is 339 g/mol. The molecule has 4 rings (SSSR count). The molecule has 2 aromatic carbocycles. The Morgan fingerprint density at radius 1 is 1.21 bits per heavy atom. The lowest BCUT2D eigenvalue weighted by Gasteiger charge is -2.23. The van der Waals surface area contributed by atoms with E-state index in [1.165, 1.54) is 16.9 Å². The maximum Gasteiger partial charge on any atom is 0.124 e. The first kappa shape index (κ1) is 15.5. The smallest absolute Gasteiger partial charge is 0.124 e. The number of methoxy groups -OCH3 is 1. The highest BCUT2D eigenvalue weighted by Gasteiger charge is 2.22. The van der Waals surface area contributed by atoms with Gasteiger partial charge in [0, 0.05) is 25.4 Å². The molecule has 0 radical (unpaired) electrons. The van der Waals surface area contributed by atoms with Gasteiger partial charge in [-0.2, -0.15) is 0 Å². The van der Waals surface area contributed by atoms with E-state index in [0.29, 0.717) is 5.25 Å². The quantitative estimate of drug-likeness (QED) is 0.790. The van der Waals surface area contributed by atoms with Crippen LogP contribution >= 0.6 is 11.8 Å². The molecule has 1 aliphatic heterocycles. The van der Waals surface area contributed by atoms with Gasteiger partial charge in [-0.15, -0.1) is 11.8 Å². The molecule has 1 N–H and O–H groups in total. The standard InChI is InChI=1S/C19H21N3OS/c1-23-15-8-6-14(7-9-15)13-22-17-5-3-2-4-16(17)21-19(22)18-12-20-10-11-24-18/h2-9,18,20H,10-13H2,1H3/t18-/m1/s1. The molecule has 0 bridgehead atoms. The van der Waals surface area contributed by atoms with Gasteiger partial charge in [-0.3, -0.25) is 0 Å². The van der Waals surface area contributed by atoms with E-state index in [1.54, 1.807) is 7.11 Å². The number of aromatic nitrogens is 2. The maximum atomic E-state index is 5.26. The summed E-state index contributed by atoms with van der Waals surface area (Å²) in [5.41, 5.74) is 3.54. The third kappa shape index (κ3) is 3.01. The molecule has 0 amide bonds. The van der Waals surface area contributed by atoms with Gasteiger partial charge in [0.1, 0.15) is 11.6 Å². The second kappa shape index (κ2) is 6.87. The van der Waals surface area contributed by atoms with Crippen molar-refractivity contribution in [3.63, 3.8) is 0 Å². The second-order valence-corrected chi connectivity index (χ2v) is 7.27. The van der Waals surface area contributed by atoms with E-state index in [0.717, 1.165) is 36.7 Å². The first-order valence-corrected chi connectivity index (χ1v) is 9.30. The second-order valence-electron chi connectivity index (χ2n) is 5.96. The number of imidazole rings is 1. The summed E-state index contributed by atoms with van der Waals surface area (Å²) in [7, 11) is 1.70. The Morgan fingerprint density at radius 2 is 2.04 bits per heavy atom. The van der Waals surface area contributed by atoms with Crippen molar-refractivity contribution in [1.29, 1.82) is 0 Å². The van der Waals surface area contributed by atoms with E-state index >= 15 is 0 Å². The highest BCUT2D eigenvalue weighted by molar-refractivity contribution is 7.99. The van der Waals surface area contributed by atoms with Gasteiger partial charge in [0.25, 0.3) is 0 Å². The average Bonchev–Trinajstić information content (AvgIpc) is 3.02. The molecule has 2 heterocycles. The zero-order valence-electron chi connectivity index (χ0n) is 13.7. The molecule has 5 heteroatoms. The number of thioether (sulfide) groups is 1. The minimum atomic E-state index is 0.407. The summed E-state index contributed by atoms with van der Waals surface area (Å²) in [6, 6.07) is 16.7. The van der Waals surface area contributed by atoms with Gasteiger partial charge in [0.15, 0.2) is 0 Å². The Balaban J connectivity index is 1.73. The van der Waals surface area contributed by atoms with Gasteiger partial charge in [0.05, 0.1) is 23.4 Å². The lowest BCUT2D eigenvalue weighted by Crippen LogP contribution is -2.29. The summed E-state index contributed by atoms with van der Waals surface area (Å²) in [4.78, 5) is 4.94. The number of hydrogen-bond donors (Lipinski definition) is 1. The highest BCUT2D eigenvalue weighted by atomic mass is 32.2. The van der Waals surface area contributed by atoms with Crippen molar-refractivity contribution in [2.45, 2.75) is 11.8 Å². The molecule has 24 heavy (non-hydrogen) atoms. The lowest BCUT2D eigenvalue weighted by atomic mass is 10.2. The number of nitrogens with zero attached hydrogens (tertiary/aromatic N) is 2. The van der Waals surface area contributed by atoms with Gasteiger partial charge in [-0.05, 0) is 29.8 Å². The van der Waals surface area contributed by atoms with Crippen LogP contribution in [0, 0.1) is 0 Å². The van der Waals surface area contributed by atoms with Crippen LogP contribution in [0.15, 0.2) is 48.5 Å². The zero-order chi connectivity index (χ0) is 16.4. The number of hydrogen-bond acceptors (Lipinski definition) is 4. The third-order valence-corrected chi connectivity index (χ3v) is 5.62. The molecular formula is C19H21N3OS. The normalized spacial score (nSPS) is 18.0. The largest absolute Gasteiger partial charge is 0.497 e. The van der Waals surface area contributed by atoms with Crippen LogP contribution in [0.2, 0.25) is 0 Å². The van der Waals surface area contributed by atoms with Crippen LogP contribution < -0.4 is 10.1 Å². The Morgan fingerprint density at radius 3 is 2.79 bits per heavy atom. The van der Waals surface area contributed by atoms with Crippen LogP contribution in [0.3, 0.4) is 0 Å². The van der Waals surface area contributed by atoms with Gasteiger partial charge in [-0.1, -0.05) is 24.3 Å². The number of benzene rings is 2. The molecule has 1 saturated heterocycles. The van der Waals surface area contributed by atoms with Gasteiger partial charge < -0.3 is 14.6 Å². The molecule has 1 fully saturated rings. The molecule has 0 unspecified atom stereocenters. The van der Waals surface area contributed by atoms with Crippen molar-refractivity contribution >= 4 is 22.8 Å². The van der Waals surface area contributed by atoms with E-state index in [1.807, 2.05) is 23.9 Å². The van der Waals surface area contributed by atoms with Crippen LogP contribution in [0.1, 0.15) is 16.6 Å². The summed E-state index contributed by atoms with van der Waals surface area (Å²) >= 11 is 2.00. The third-order valence-electron chi connectivity index (χ3n) is 4.40. The number of para-hydroxylation sites is 2. The predicted octanol–water partition coefficient (Wildman–Crippen LogP) is 3.47. The van der Waals surface area contributed by atoms with Crippen LogP contribution in [0.25, 0.3) is 11.0 Å². The van der Waals surface area contributed by atoms with Crippen molar-refractivity contribution in [3.05, 3.63) is 59.9 Å². The van der Waals surface area contributed by atoms with E-state index in [2.05, 4.69) is 46.3 Å². The first-order valence-electron chi connectivity index (χ1n) is 8.25. The summed E-state index contributed by atoms with van der Waals surface area (Å²) in [5, 5.41) is 3.90. The Hall–Kier alpha value is -1.98. The van der Waals surface area contributed by atoms with Crippen molar-refractivity contribution in [3.8, 4) is 5.75 Å². The van der Waals surface area contributed by atoms with Crippen LogP contribution in [-0.4, -0.2) is 35.5 Å². The molecular weight excluding hydrogens is 318 g/mol. The predicted molar refractivity (Wildman–Crippen MR) is 99.9 cm³/mol. The molecule has 3 aromatic rings. The summed E-state index contributed by atoms with van der Waals surface area (Å²) < 4.78 is 7.63. The van der Waals surface area contributed by atoms with Crippen LogP contribution in [0.4, 0.5) is 0 Å². The van der Waals surface area contributed by atoms with Crippen LogP contribution in [-0.2, 0) is 6.54 Å². The molecule has 1 aromatic heterocycles. The van der Waals surface area contributed by atoms with Gasteiger partial charge in [0.2, 0.25) is 0 Å². The van der Waals surface area contributed by atoms with Gasteiger partial charge in [-0.25, -0.2) is 4.98 Å². The molecule has 0 spiro atoms. The fourth-order valence-corrected chi connectivity index (χ4v) is 4.26. The highest BCUT2D eigenvalue weighted by Crippen LogP contribution is 2.32. The summed E-state index contributed by atoms with van der Waals surface area (Å²) in [6.45, 7) is 2.90. The van der Waals surface area contributed by atoms with Crippen molar-refractivity contribution in [2.24, 2.45) is 0 Å². The van der Waals surface area contributed by atoms with E-state index in [-0.39, 0.29) is 0 Å². The van der Waals surface area contributed by atoms with Crippen molar-refractivity contribution in [1.82, 2.24) is 14.9 Å². The van der Waals surface area contributed by atoms with E-state index < -0.39 is 0 Å². The molecule has 1 aliphatic rings. The first-order chi connectivity index (χ1) is 11.8. The molecule has 0 saturated carbocycles. The maximum absolute atomic E-state index is 5.26. The molecule has 124 valence electrons. The zero-order valence-corrected chi connectivity index (χ0v) is 14.6. The van der Waals surface area contributed by atoms with Crippen molar-refractivity contribution in [2.75, 3.05) is 26.0 Å². The summed E-state index contributed by atoms with van der Waals surface area (Å²) in [5.74, 6) is 3.20. The van der Waals surface area contributed by atoms with Crippen molar-refractivity contribution < 1.29 is 4.74 Å². The lowest BCUT2D eigenvalue weighted by molar-refractivity contribution is 0.414. The fourth-order valence-electron chi connectivity index (χ4n) is 3.15. The molecule has 1 atom stereocenters. The minimum absolute atomic E-state index is 0.407. The van der Waals surface area contributed by atoms with E-state index in [9.17, 15) is 0 Å². The Kier molecular flexibility index (Phi) is 4.45. The van der Waals surface area contributed by atoms with Gasteiger partial charge >= 0.3 is 0 Å². The Bertz CT molecular complexity index is 822. The monoisotopic (exact) mass is 339 g/mol. The SMILES string of the molecule is COc1ccc(Cn2c([C@H]3CNCCS3)nc3ccccc32)cc1. The number of ether oxygens (including phenoxy) is 1. The van der Waals surface area contributed by atoms with Crippen LogP contribution in [0.5, 0.6) is 5.75 Å². The number of fused-ring (bicyclic) bond motifs is 1. The summed E-state index contributed by atoms with van der Waals surface area (Å²) in [6.07, 6.45) is 0.